The third kappa shape index (κ3) is 3.75. The van der Waals surface area contributed by atoms with Gasteiger partial charge in [0.25, 0.3) is 0 Å². The van der Waals surface area contributed by atoms with E-state index in [1.54, 1.807) is 11.3 Å². The molecule has 3 N–H and O–H groups in total. The second kappa shape index (κ2) is 6.79. The van der Waals surface area contributed by atoms with Gasteiger partial charge in [-0.2, -0.15) is 0 Å². The van der Waals surface area contributed by atoms with Crippen LogP contribution < -0.4 is 11.3 Å². The first-order valence-corrected chi connectivity index (χ1v) is 8.12. The zero-order valence-corrected chi connectivity index (χ0v) is 12.9. The predicted molar refractivity (Wildman–Crippen MR) is 81.0 cm³/mol. The van der Waals surface area contributed by atoms with Crippen LogP contribution in [0.4, 0.5) is 0 Å². The van der Waals surface area contributed by atoms with E-state index in [1.807, 2.05) is 11.6 Å². The number of hydrogen-bond donors (Lipinski definition) is 2. The molecule has 2 rings (SSSR count). The van der Waals surface area contributed by atoms with Gasteiger partial charge in [-0.15, -0.1) is 11.3 Å². The first kappa shape index (κ1) is 14.9. The smallest absolute Gasteiger partial charge is 0.0941 e. The van der Waals surface area contributed by atoms with Crippen LogP contribution in [0.5, 0.6) is 0 Å². The number of aromatic nitrogens is 1. The normalized spacial score (nSPS) is 20.2. The summed E-state index contributed by atoms with van der Waals surface area (Å²) in [7, 11) is 0. The van der Waals surface area contributed by atoms with Crippen LogP contribution in [0.3, 0.4) is 0 Å². The van der Waals surface area contributed by atoms with Gasteiger partial charge in [0.15, 0.2) is 0 Å². The zero-order chi connectivity index (χ0) is 13.7. The molecule has 0 saturated carbocycles. The summed E-state index contributed by atoms with van der Waals surface area (Å²) in [5.74, 6) is 5.82. The summed E-state index contributed by atoms with van der Waals surface area (Å²) >= 11 is 1.71. The molecule has 0 aromatic carbocycles. The van der Waals surface area contributed by atoms with Crippen molar-refractivity contribution in [2.24, 2.45) is 5.84 Å². The van der Waals surface area contributed by atoms with Gasteiger partial charge in [0.2, 0.25) is 0 Å². The van der Waals surface area contributed by atoms with Crippen molar-refractivity contribution in [3.63, 3.8) is 0 Å². The molecule has 1 aliphatic rings. The Morgan fingerprint density at radius 1 is 1.37 bits per heavy atom. The number of thiazole rings is 1. The number of likely N-dealkylation sites (tertiary alicyclic amines) is 1. The topological polar surface area (TPSA) is 54.2 Å². The Balaban J connectivity index is 2.05. The van der Waals surface area contributed by atoms with Crippen molar-refractivity contribution in [3.05, 3.63) is 16.6 Å². The van der Waals surface area contributed by atoms with Crippen LogP contribution in [0.15, 0.2) is 11.6 Å². The van der Waals surface area contributed by atoms with E-state index in [9.17, 15) is 0 Å². The van der Waals surface area contributed by atoms with Crippen LogP contribution in [0.2, 0.25) is 0 Å². The van der Waals surface area contributed by atoms with E-state index in [1.165, 1.54) is 38.8 Å². The summed E-state index contributed by atoms with van der Waals surface area (Å²) < 4.78 is 0. The van der Waals surface area contributed by atoms with Gasteiger partial charge in [-0.05, 0) is 39.8 Å². The highest BCUT2D eigenvalue weighted by molar-refractivity contribution is 7.09. The minimum Gasteiger partial charge on any atom is -0.297 e. The lowest BCUT2D eigenvalue weighted by atomic mass is 9.90. The van der Waals surface area contributed by atoms with Gasteiger partial charge >= 0.3 is 0 Å². The first-order chi connectivity index (χ1) is 9.14. The van der Waals surface area contributed by atoms with E-state index >= 15 is 0 Å². The van der Waals surface area contributed by atoms with Crippen molar-refractivity contribution >= 4 is 11.3 Å². The van der Waals surface area contributed by atoms with Crippen molar-refractivity contribution in [2.75, 3.05) is 13.1 Å². The van der Waals surface area contributed by atoms with E-state index in [-0.39, 0.29) is 11.6 Å². The maximum Gasteiger partial charge on any atom is 0.0941 e. The third-order valence-corrected chi connectivity index (χ3v) is 5.14. The van der Waals surface area contributed by atoms with E-state index in [2.05, 4.69) is 29.2 Å². The molecule has 2 heterocycles. The highest BCUT2D eigenvalue weighted by Crippen LogP contribution is 2.25. The minimum atomic E-state index is 0.0603. The van der Waals surface area contributed by atoms with E-state index in [4.69, 9.17) is 5.84 Å². The SMILES string of the molecule is CC(C)(C(Cc1nccs1)NN)N1CCCCCC1. The molecule has 108 valence electrons. The van der Waals surface area contributed by atoms with Gasteiger partial charge < -0.3 is 0 Å². The standard InChI is InChI=1S/C14H26N4S/c1-14(2,18-8-5-3-4-6-9-18)12(17-15)11-13-16-7-10-19-13/h7,10,12,17H,3-6,8-9,11,15H2,1-2H3. The fourth-order valence-electron chi connectivity index (χ4n) is 2.91. The van der Waals surface area contributed by atoms with Gasteiger partial charge in [-0.3, -0.25) is 16.2 Å². The number of nitrogens with two attached hydrogens (primary N) is 1. The maximum absolute atomic E-state index is 5.82. The Morgan fingerprint density at radius 3 is 2.58 bits per heavy atom. The summed E-state index contributed by atoms with van der Waals surface area (Å²) in [6.07, 6.45) is 8.10. The molecule has 1 aliphatic heterocycles. The zero-order valence-electron chi connectivity index (χ0n) is 12.1. The van der Waals surface area contributed by atoms with Crippen LogP contribution in [0, 0.1) is 0 Å². The molecule has 0 aliphatic carbocycles. The van der Waals surface area contributed by atoms with Gasteiger partial charge in [-0.25, -0.2) is 4.98 Å². The lowest BCUT2D eigenvalue weighted by molar-refractivity contribution is 0.0835. The molecule has 1 fully saturated rings. The van der Waals surface area contributed by atoms with Gasteiger partial charge in [-0.1, -0.05) is 12.8 Å². The van der Waals surface area contributed by atoms with E-state index < -0.39 is 0 Å². The predicted octanol–water partition coefficient (Wildman–Crippen LogP) is 2.17. The lowest BCUT2D eigenvalue weighted by Crippen LogP contribution is -2.60. The average Bonchev–Trinajstić information content (AvgIpc) is 2.74. The molecular formula is C14H26N4S. The van der Waals surface area contributed by atoms with Crippen LogP contribution in [-0.4, -0.2) is 34.6 Å². The fraction of sp³-hybridized carbons (Fsp3) is 0.786. The van der Waals surface area contributed by atoms with E-state index in [0.29, 0.717) is 0 Å². The molecule has 0 amide bonds. The van der Waals surface area contributed by atoms with Crippen molar-refractivity contribution < 1.29 is 0 Å². The molecule has 4 nitrogen and oxygen atoms in total. The number of hydrazine groups is 1. The molecule has 1 aromatic rings. The lowest BCUT2D eigenvalue weighted by Gasteiger charge is -2.43. The maximum atomic E-state index is 5.82. The Kier molecular flexibility index (Phi) is 5.33. The van der Waals surface area contributed by atoms with Crippen molar-refractivity contribution in [1.82, 2.24) is 15.3 Å². The largest absolute Gasteiger partial charge is 0.297 e. The second-order valence-corrected chi connectivity index (χ2v) is 6.88. The van der Waals surface area contributed by atoms with Crippen LogP contribution in [0.25, 0.3) is 0 Å². The molecule has 0 radical (unpaired) electrons. The summed E-state index contributed by atoms with van der Waals surface area (Å²) in [4.78, 5) is 6.98. The van der Waals surface area contributed by atoms with Gasteiger partial charge in [0.05, 0.1) is 5.01 Å². The number of rotatable bonds is 5. The quantitative estimate of drug-likeness (QED) is 0.642. The monoisotopic (exact) mass is 282 g/mol. The highest BCUT2D eigenvalue weighted by Gasteiger charge is 2.35. The second-order valence-electron chi connectivity index (χ2n) is 5.90. The molecule has 19 heavy (non-hydrogen) atoms. The Hall–Kier alpha value is -0.490. The highest BCUT2D eigenvalue weighted by atomic mass is 32.1. The summed E-state index contributed by atoms with van der Waals surface area (Å²) in [5, 5.41) is 3.19. The molecule has 1 unspecified atom stereocenters. The average molecular weight is 282 g/mol. The van der Waals surface area contributed by atoms with Crippen molar-refractivity contribution in [1.29, 1.82) is 0 Å². The first-order valence-electron chi connectivity index (χ1n) is 7.24. The Labute approximate surface area is 120 Å². The molecule has 0 spiro atoms. The molecule has 1 atom stereocenters. The van der Waals surface area contributed by atoms with Gasteiger partial charge in [0.1, 0.15) is 0 Å². The Morgan fingerprint density at radius 2 is 2.05 bits per heavy atom. The van der Waals surface area contributed by atoms with Crippen LogP contribution >= 0.6 is 11.3 Å². The number of nitrogens with zero attached hydrogens (tertiary/aromatic N) is 2. The number of hydrogen-bond acceptors (Lipinski definition) is 5. The van der Waals surface area contributed by atoms with Crippen molar-refractivity contribution in [3.8, 4) is 0 Å². The minimum absolute atomic E-state index is 0.0603. The molecule has 1 aromatic heterocycles. The molecule has 0 bridgehead atoms. The van der Waals surface area contributed by atoms with E-state index in [0.717, 1.165) is 11.4 Å². The van der Waals surface area contributed by atoms with Crippen LogP contribution in [0.1, 0.15) is 44.5 Å². The fourth-order valence-corrected chi connectivity index (χ4v) is 3.57. The Bertz CT molecular complexity index is 356. The van der Waals surface area contributed by atoms with Gasteiger partial charge in [0, 0.05) is 29.6 Å². The third-order valence-electron chi connectivity index (χ3n) is 4.34. The summed E-state index contributed by atoms with van der Waals surface area (Å²) in [6, 6.07) is 0.233. The van der Waals surface area contributed by atoms with Crippen LogP contribution in [-0.2, 0) is 6.42 Å². The molecule has 5 heteroatoms. The van der Waals surface area contributed by atoms with Crippen molar-refractivity contribution in [2.45, 2.75) is 57.5 Å². The number of nitrogens with one attached hydrogen (secondary N) is 1. The summed E-state index contributed by atoms with van der Waals surface area (Å²) in [6.45, 7) is 6.97. The molecular weight excluding hydrogens is 256 g/mol. The molecule has 1 saturated heterocycles. The summed E-state index contributed by atoms with van der Waals surface area (Å²) in [5.41, 5.74) is 3.08.